The third-order valence-electron chi connectivity index (χ3n) is 4.76. The van der Waals surface area contributed by atoms with Gasteiger partial charge in [-0.15, -0.1) is 0 Å². The van der Waals surface area contributed by atoms with Crippen LogP contribution >= 0.6 is 11.3 Å². The van der Waals surface area contributed by atoms with Gasteiger partial charge in [0.05, 0.1) is 17.7 Å². The molecule has 0 saturated heterocycles. The summed E-state index contributed by atoms with van der Waals surface area (Å²) in [5.41, 5.74) is 3.68. The molecule has 0 bridgehead atoms. The van der Waals surface area contributed by atoms with Crippen molar-refractivity contribution < 1.29 is 17.6 Å². The summed E-state index contributed by atoms with van der Waals surface area (Å²) < 4.78 is 33.0. The van der Waals surface area contributed by atoms with Crippen LogP contribution in [0.5, 0.6) is 0 Å². The number of anilines is 1. The predicted octanol–water partition coefficient (Wildman–Crippen LogP) is 5.05. The molecule has 4 rings (SSSR count). The van der Waals surface area contributed by atoms with Crippen LogP contribution in [0, 0.1) is 6.92 Å². The summed E-state index contributed by atoms with van der Waals surface area (Å²) in [6.07, 6.45) is 1.48. The molecular weight excluding hydrogens is 432 g/mol. The van der Waals surface area contributed by atoms with E-state index < -0.39 is 10.0 Å². The molecule has 0 aliphatic rings. The summed E-state index contributed by atoms with van der Waals surface area (Å²) >= 11 is 1.60. The average molecular weight is 453 g/mol. The molecular formula is C23H20N2O4S2. The highest BCUT2D eigenvalue weighted by Crippen LogP contribution is 2.25. The van der Waals surface area contributed by atoms with Crippen LogP contribution < -0.4 is 10.0 Å². The van der Waals surface area contributed by atoms with E-state index in [0.717, 1.165) is 11.1 Å². The highest BCUT2D eigenvalue weighted by Gasteiger charge is 2.18. The number of furan rings is 1. The van der Waals surface area contributed by atoms with Crippen molar-refractivity contribution >= 4 is 33.0 Å². The molecule has 158 valence electrons. The van der Waals surface area contributed by atoms with Crippen molar-refractivity contribution in [1.82, 2.24) is 4.72 Å². The highest BCUT2D eigenvalue weighted by atomic mass is 32.2. The van der Waals surface area contributed by atoms with Crippen LogP contribution in [0.4, 0.5) is 5.69 Å². The van der Waals surface area contributed by atoms with Gasteiger partial charge in [-0.3, -0.25) is 4.79 Å². The van der Waals surface area contributed by atoms with E-state index in [1.165, 1.54) is 18.4 Å². The molecule has 2 aromatic heterocycles. The molecule has 0 unspecified atom stereocenters. The summed E-state index contributed by atoms with van der Waals surface area (Å²) in [7, 11) is -3.81. The number of hydrogen-bond acceptors (Lipinski definition) is 5. The van der Waals surface area contributed by atoms with Gasteiger partial charge in [-0.25, -0.2) is 13.1 Å². The first kappa shape index (κ1) is 21.0. The van der Waals surface area contributed by atoms with Crippen molar-refractivity contribution in [2.75, 3.05) is 5.32 Å². The topological polar surface area (TPSA) is 88.4 Å². The van der Waals surface area contributed by atoms with Crippen LogP contribution in [-0.4, -0.2) is 14.3 Å². The molecule has 2 N–H and O–H groups in total. The summed E-state index contributed by atoms with van der Waals surface area (Å²) in [5.74, 6) is 0.127. The Morgan fingerprint density at radius 3 is 2.65 bits per heavy atom. The minimum atomic E-state index is -3.81. The van der Waals surface area contributed by atoms with E-state index >= 15 is 0 Å². The van der Waals surface area contributed by atoms with Crippen molar-refractivity contribution in [3.63, 3.8) is 0 Å². The van der Waals surface area contributed by atoms with Gasteiger partial charge in [0.15, 0.2) is 0 Å². The Morgan fingerprint density at radius 1 is 1.03 bits per heavy atom. The number of amides is 1. The molecule has 0 radical (unpaired) electrons. The first-order valence-corrected chi connectivity index (χ1v) is 11.9. The Bertz CT molecular complexity index is 1300. The van der Waals surface area contributed by atoms with Gasteiger partial charge in [0.1, 0.15) is 5.76 Å². The summed E-state index contributed by atoms with van der Waals surface area (Å²) in [4.78, 5) is 12.9. The number of aryl methyl sites for hydroxylation is 1. The summed E-state index contributed by atoms with van der Waals surface area (Å²) in [6, 6.07) is 17.4. The number of rotatable bonds is 7. The Balaban J connectivity index is 1.54. The fraction of sp³-hybridized carbons (Fsp3) is 0.0870. The second kappa shape index (κ2) is 8.89. The molecule has 8 heteroatoms. The van der Waals surface area contributed by atoms with Gasteiger partial charge in [-0.05, 0) is 76.8 Å². The van der Waals surface area contributed by atoms with Crippen molar-refractivity contribution in [3.05, 3.63) is 94.6 Å². The third-order valence-corrected chi connectivity index (χ3v) is 6.84. The van der Waals surface area contributed by atoms with Crippen molar-refractivity contribution in [2.24, 2.45) is 0 Å². The minimum absolute atomic E-state index is 0.0156. The molecule has 2 heterocycles. The van der Waals surface area contributed by atoms with Crippen LogP contribution in [0.25, 0.3) is 11.1 Å². The molecule has 31 heavy (non-hydrogen) atoms. The maximum absolute atomic E-state index is 12.9. The number of hydrogen-bond donors (Lipinski definition) is 2. The first-order chi connectivity index (χ1) is 14.9. The lowest BCUT2D eigenvalue weighted by Crippen LogP contribution is -2.24. The van der Waals surface area contributed by atoms with E-state index in [4.69, 9.17) is 4.42 Å². The molecule has 0 atom stereocenters. The maximum Gasteiger partial charge on any atom is 0.255 e. The molecule has 0 saturated carbocycles. The standard InChI is InChI=1S/C23H20N2O4S2/c1-16-7-8-21(31(27,28)24-14-20-6-3-10-29-20)13-22(16)23(26)25-19-5-2-4-17(12-19)18-9-11-30-15-18/h2-13,15,24H,14H2,1H3,(H,25,26). The Kier molecular flexibility index (Phi) is 6.03. The molecule has 0 aliphatic carbocycles. The number of thiophene rings is 1. The predicted molar refractivity (Wildman–Crippen MR) is 122 cm³/mol. The number of benzene rings is 2. The fourth-order valence-corrected chi connectivity index (χ4v) is 4.76. The second-order valence-corrected chi connectivity index (χ2v) is 9.47. The third kappa shape index (κ3) is 4.93. The Morgan fingerprint density at radius 2 is 1.90 bits per heavy atom. The Hall–Kier alpha value is -3.20. The Labute approximate surface area is 184 Å². The lowest BCUT2D eigenvalue weighted by atomic mass is 10.1. The smallest absolute Gasteiger partial charge is 0.255 e. The zero-order chi connectivity index (χ0) is 21.8. The molecule has 6 nitrogen and oxygen atoms in total. The average Bonchev–Trinajstić information content (AvgIpc) is 3.47. The fourth-order valence-electron chi connectivity index (χ4n) is 3.08. The van der Waals surface area contributed by atoms with Crippen LogP contribution in [0.1, 0.15) is 21.7 Å². The zero-order valence-electron chi connectivity index (χ0n) is 16.7. The van der Waals surface area contributed by atoms with Crippen LogP contribution in [0.15, 0.2) is 87.0 Å². The van der Waals surface area contributed by atoms with Crippen molar-refractivity contribution in [3.8, 4) is 11.1 Å². The molecule has 1 amide bonds. The molecule has 0 aliphatic heterocycles. The SMILES string of the molecule is Cc1ccc(S(=O)(=O)NCc2ccco2)cc1C(=O)Nc1cccc(-c2ccsc2)c1. The van der Waals surface area contributed by atoms with E-state index in [0.29, 0.717) is 22.6 Å². The van der Waals surface area contributed by atoms with Gasteiger partial charge in [-0.2, -0.15) is 11.3 Å². The largest absolute Gasteiger partial charge is 0.468 e. The lowest BCUT2D eigenvalue weighted by Gasteiger charge is -2.11. The highest BCUT2D eigenvalue weighted by molar-refractivity contribution is 7.89. The van der Waals surface area contributed by atoms with Crippen molar-refractivity contribution in [1.29, 1.82) is 0 Å². The second-order valence-electron chi connectivity index (χ2n) is 6.93. The number of nitrogens with one attached hydrogen (secondary N) is 2. The van der Waals surface area contributed by atoms with E-state index in [-0.39, 0.29) is 17.3 Å². The monoisotopic (exact) mass is 452 g/mol. The van der Waals surface area contributed by atoms with E-state index in [2.05, 4.69) is 10.0 Å². The minimum Gasteiger partial charge on any atom is -0.468 e. The van der Waals surface area contributed by atoms with Crippen molar-refractivity contribution in [2.45, 2.75) is 18.4 Å². The number of carbonyl (C=O) groups excluding carboxylic acids is 1. The molecule has 0 spiro atoms. The van der Waals surface area contributed by atoms with E-state index in [1.807, 2.05) is 35.0 Å². The molecule has 0 fully saturated rings. The summed E-state index contributed by atoms with van der Waals surface area (Å²) in [5, 5.41) is 6.90. The van der Waals surface area contributed by atoms with E-state index in [9.17, 15) is 13.2 Å². The van der Waals surface area contributed by atoms with Gasteiger partial charge >= 0.3 is 0 Å². The summed E-state index contributed by atoms with van der Waals surface area (Å²) in [6.45, 7) is 1.80. The zero-order valence-corrected chi connectivity index (χ0v) is 18.3. The maximum atomic E-state index is 12.9. The number of carbonyl (C=O) groups is 1. The van der Waals surface area contributed by atoms with Gasteiger partial charge < -0.3 is 9.73 Å². The first-order valence-electron chi connectivity index (χ1n) is 9.49. The van der Waals surface area contributed by atoms with E-state index in [1.54, 1.807) is 42.5 Å². The number of sulfonamides is 1. The van der Waals surface area contributed by atoms with Gasteiger partial charge in [0.2, 0.25) is 10.0 Å². The molecule has 4 aromatic rings. The van der Waals surface area contributed by atoms with Crippen LogP contribution in [0.3, 0.4) is 0 Å². The van der Waals surface area contributed by atoms with Gasteiger partial charge in [0, 0.05) is 11.3 Å². The van der Waals surface area contributed by atoms with Gasteiger partial charge in [-0.1, -0.05) is 18.2 Å². The van der Waals surface area contributed by atoms with Gasteiger partial charge in [0.25, 0.3) is 5.91 Å². The lowest BCUT2D eigenvalue weighted by molar-refractivity contribution is 0.102. The molecule has 2 aromatic carbocycles. The van der Waals surface area contributed by atoms with Crippen LogP contribution in [-0.2, 0) is 16.6 Å². The quantitative estimate of drug-likeness (QED) is 0.411. The van der Waals surface area contributed by atoms with Crippen LogP contribution in [0.2, 0.25) is 0 Å². The normalized spacial score (nSPS) is 11.4.